The number of benzene rings is 1. The zero-order valence-electron chi connectivity index (χ0n) is 11.5. The minimum absolute atomic E-state index is 0.131. The molecule has 2 unspecified atom stereocenters. The monoisotopic (exact) mass is 276 g/mol. The molecule has 2 atom stereocenters. The largest absolute Gasteiger partial charge is 0.389 e. The average molecular weight is 276 g/mol. The van der Waals surface area contributed by atoms with E-state index in [2.05, 4.69) is 4.90 Å². The van der Waals surface area contributed by atoms with Crippen molar-refractivity contribution in [2.75, 3.05) is 18.0 Å². The molecule has 0 bridgehead atoms. The Kier molecular flexibility index (Phi) is 3.38. The lowest BCUT2D eigenvalue weighted by Gasteiger charge is -2.48. The molecular formula is C15H20N2O3. The number of non-ortho nitro benzene ring substituents is 1. The van der Waals surface area contributed by atoms with Crippen LogP contribution in [0.1, 0.15) is 32.1 Å². The fourth-order valence-electron chi connectivity index (χ4n) is 3.61. The third kappa shape index (κ3) is 2.38. The third-order valence-corrected chi connectivity index (χ3v) is 4.83. The molecule has 3 rings (SSSR count). The highest BCUT2D eigenvalue weighted by molar-refractivity contribution is 5.53. The lowest BCUT2D eigenvalue weighted by molar-refractivity contribution is -0.384. The summed E-state index contributed by atoms with van der Waals surface area (Å²) in [5.41, 5.74) is 0.522. The molecule has 1 heterocycles. The molecule has 0 amide bonds. The number of nitro groups is 1. The van der Waals surface area contributed by atoms with Gasteiger partial charge in [0, 0.05) is 36.8 Å². The van der Waals surface area contributed by atoms with Gasteiger partial charge >= 0.3 is 0 Å². The number of aliphatic hydroxyl groups is 1. The van der Waals surface area contributed by atoms with Crippen LogP contribution >= 0.6 is 0 Å². The lowest BCUT2D eigenvalue weighted by Crippen LogP contribution is -2.53. The van der Waals surface area contributed by atoms with Crippen LogP contribution in [0.3, 0.4) is 0 Å². The van der Waals surface area contributed by atoms with Crippen LogP contribution < -0.4 is 4.90 Å². The predicted molar refractivity (Wildman–Crippen MR) is 76.8 cm³/mol. The molecule has 0 spiro atoms. The Morgan fingerprint density at radius 3 is 3.00 bits per heavy atom. The van der Waals surface area contributed by atoms with Gasteiger partial charge in [-0.2, -0.15) is 0 Å². The Morgan fingerprint density at radius 2 is 2.20 bits per heavy atom. The van der Waals surface area contributed by atoms with Crippen molar-refractivity contribution in [1.29, 1.82) is 0 Å². The van der Waals surface area contributed by atoms with Crippen molar-refractivity contribution in [3.8, 4) is 0 Å². The van der Waals surface area contributed by atoms with Crippen LogP contribution in [0.25, 0.3) is 0 Å². The number of anilines is 1. The zero-order valence-corrected chi connectivity index (χ0v) is 11.5. The van der Waals surface area contributed by atoms with Crippen molar-refractivity contribution in [3.05, 3.63) is 34.4 Å². The highest BCUT2D eigenvalue weighted by Crippen LogP contribution is 2.41. The molecule has 5 nitrogen and oxygen atoms in total. The molecule has 1 aliphatic carbocycles. The van der Waals surface area contributed by atoms with Gasteiger partial charge in [-0.25, -0.2) is 0 Å². The van der Waals surface area contributed by atoms with E-state index in [1.165, 1.54) is 12.5 Å². The highest BCUT2D eigenvalue weighted by Gasteiger charge is 2.42. The smallest absolute Gasteiger partial charge is 0.271 e. The highest BCUT2D eigenvalue weighted by atomic mass is 16.6. The first-order chi connectivity index (χ1) is 9.58. The maximum absolute atomic E-state index is 10.9. The van der Waals surface area contributed by atoms with Gasteiger partial charge in [0.15, 0.2) is 0 Å². The number of hydrogen-bond donors (Lipinski definition) is 1. The fourth-order valence-corrected chi connectivity index (χ4v) is 3.61. The molecule has 5 heteroatoms. The summed E-state index contributed by atoms with van der Waals surface area (Å²) in [6.07, 6.45) is 5.02. The molecular weight excluding hydrogens is 256 g/mol. The summed E-state index contributed by atoms with van der Waals surface area (Å²) in [7, 11) is 0. The normalized spacial score (nSPS) is 29.9. The van der Waals surface area contributed by atoms with Gasteiger partial charge in [0.05, 0.1) is 10.5 Å². The average Bonchev–Trinajstić information content (AvgIpc) is 2.46. The fraction of sp³-hybridized carbons (Fsp3) is 0.600. The van der Waals surface area contributed by atoms with Crippen molar-refractivity contribution in [2.45, 2.75) is 37.7 Å². The van der Waals surface area contributed by atoms with Crippen LogP contribution in [-0.2, 0) is 0 Å². The first kappa shape index (κ1) is 13.4. The van der Waals surface area contributed by atoms with Gasteiger partial charge in [-0.3, -0.25) is 10.1 Å². The molecule has 1 saturated carbocycles. The Hall–Kier alpha value is -1.62. The maximum Gasteiger partial charge on any atom is 0.271 e. The second kappa shape index (κ2) is 5.05. The Bertz CT molecular complexity index is 520. The number of fused-ring (bicyclic) bond motifs is 1. The third-order valence-electron chi connectivity index (χ3n) is 4.83. The molecule has 0 aromatic heterocycles. The Morgan fingerprint density at radius 1 is 1.35 bits per heavy atom. The first-order valence-corrected chi connectivity index (χ1v) is 7.30. The molecule has 20 heavy (non-hydrogen) atoms. The number of piperidine rings is 1. The summed E-state index contributed by atoms with van der Waals surface area (Å²) in [5.74, 6) is 0.296. The quantitative estimate of drug-likeness (QED) is 0.666. The van der Waals surface area contributed by atoms with Gasteiger partial charge in [-0.05, 0) is 25.3 Å². The number of rotatable bonds is 2. The molecule has 0 radical (unpaired) electrons. The van der Waals surface area contributed by atoms with Crippen molar-refractivity contribution in [1.82, 2.24) is 0 Å². The minimum atomic E-state index is -0.505. The Labute approximate surface area is 118 Å². The van der Waals surface area contributed by atoms with Crippen LogP contribution in [0, 0.1) is 16.0 Å². The van der Waals surface area contributed by atoms with Gasteiger partial charge < -0.3 is 10.0 Å². The number of hydrogen-bond acceptors (Lipinski definition) is 4. The van der Waals surface area contributed by atoms with Gasteiger partial charge in [0.25, 0.3) is 5.69 Å². The SMILES string of the molecule is O=[N+]([O-])c1cccc(N2CCC3(O)CCCCC3C2)c1. The number of nitrogens with zero attached hydrogens (tertiary/aromatic N) is 2. The summed E-state index contributed by atoms with van der Waals surface area (Å²) in [6, 6.07) is 6.80. The molecule has 2 fully saturated rings. The van der Waals surface area contributed by atoms with E-state index in [-0.39, 0.29) is 10.6 Å². The summed E-state index contributed by atoms with van der Waals surface area (Å²) >= 11 is 0. The molecule has 1 aromatic rings. The van der Waals surface area contributed by atoms with Crippen molar-refractivity contribution < 1.29 is 10.0 Å². The second-order valence-electron chi connectivity index (χ2n) is 6.02. The van der Waals surface area contributed by atoms with E-state index in [4.69, 9.17) is 0 Å². The van der Waals surface area contributed by atoms with E-state index in [9.17, 15) is 15.2 Å². The molecule has 1 aromatic carbocycles. The van der Waals surface area contributed by atoms with E-state index < -0.39 is 5.60 Å². The predicted octanol–water partition coefficient (Wildman–Crippen LogP) is 2.73. The van der Waals surface area contributed by atoms with E-state index >= 15 is 0 Å². The van der Waals surface area contributed by atoms with Crippen molar-refractivity contribution in [3.63, 3.8) is 0 Å². The zero-order chi connectivity index (χ0) is 14.2. The molecule has 2 aliphatic rings. The summed E-state index contributed by atoms with van der Waals surface area (Å²) < 4.78 is 0. The lowest BCUT2D eigenvalue weighted by atomic mass is 9.71. The van der Waals surface area contributed by atoms with Gasteiger partial charge in [-0.15, -0.1) is 0 Å². The van der Waals surface area contributed by atoms with Crippen molar-refractivity contribution >= 4 is 11.4 Å². The standard InChI is InChI=1S/C15H20N2O3/c18-15-7-2-1-4-12(15)11-16(9-8-15)13-5-3-6-14(10-13)17(19)20/h3,5-6,10,12,18H,1-2,4,7-9,11H2. The summed E-state index contributed by atoms with van der Waals surface area (Å²) in [4.78, 5) is 12.7. The minimum Gasteiger partial charge on any atom is -0.389 e. The van der Waals surface area contributed by atoms with Gasteiger partial charge in [0.1, 0.15) is 0 Å². The van der Waals surface area contributed by atoms with E-state index in [0.717, 1.165) is 44.5 Å². The van der Waals surface area contributed by atoms with Crippen LogP contribution in [0.4, 0.5) is 11.4 Å². The summed E-state index contributed by atoms with van der Waals surface area (Å²) in [6.45, 7) is 1.58. The van der Waals surface area contributed by atoms with E-state index in [1.807, 2.05) is 6.07 Å². The molecule has 1 N–H and O–H groups in total. The maximum atomic E-state index is 10.9. The Balaban J connectivity index is 1.79. The van der Waals surface area contributed by atoms with Crippen LogP contribution in [0.2, 0.25) is 0 Å². The number of nitro benzene ring substituents is 1. The topological polar surface area (TPSA) is 66.6 Å². The first-order valence-electron chi connectivity index (χ1n) is 7.30. The molecule has 1 aliphatic heterocycles. The van der Waals surface area contributed by atoms with Crippen LogP contribution in [0.15, 0.2) is 24.3 Å². The van der Waals surface area contributed by atoms with E-state index in [0.29, 0.717) is 5.92 Å². The second-order valence-corrected chi connectivity index (χ2v) is 6.02. The van der Waals surface area contributed by atoms with Crippen LogP contribution in [-0.4, -0.2) is 28.7 Å². The molecule has 1 saturated heterocycles. The van der Waals surface area contributed by atoms with Crippen LogP contribution in [0.5, 0.6) is 0 Å². The van der Waals surface area contributed by atoms with Gasteiger partial charge in [0.2, 0.25) is 0 Å². The van der Waals surface area contributed by atoms with Gasteiger partial charge in [-0.1, -0.05) is 18.9 Å². The van der Waals surface area contributed by atoms with E-state index in [1.54, 1.807) is 12.1 Å². The summed E-state index contributed by atoms with van der Waals surface area (Å²) in [5, 5.41) is 21.5. The van der Waals surface area contributed by atoms with Crippen molar-refractivity contribution in [2.24, 2.45) is 5.92 Å². The molecule has 108 valence electrons.